The number of amides is 1. The van der Waals surface area contributed by atoms with E-state index in [4.69, 9.17) is 0 Å². The number of rotatable bonds is 3. The Hall–Kier alpha value is -2.74. The second-order valence-electron chi connectivity index (χ2n) is 6.05. The van der Waals surface area contributed by atoms with E-state index < -0.39 is 0 Å². The molecule has 1 saturated heterocycles. The van der Waals surface area contributed by atoms with Gasteiger partial charge >= 0.3 is 0 Å². The van der Waals surface area contributed by atoms with Crippen LogP contribution in [0.4, 0.5) is 0 Å². The number of aromatic amines is 1. The fourth-order valence-corrected chi connectivity index (χ4v) is 3.99. The maximum absolute atomic E-state index is 13.1. The number of nitrogens with one attached hydrogen (secondary N) is 1. The van der Waals surface area contributed by atoms with Gasteiger partial charge in [0.05, 0.1) is 23.5 Å². The van der Waals surface area contributed by atoms with Crippen LogP contribution in [-0.4, -0.2) is 37.3 Å². The molecule has 0 aromatic carbocycles. The molecule has 8 heteroatoms. The first-order chi connectivity index (χ1) is 12.1. The van der Waals surface area contributed by atoms with E-state index in [0.717, 1.165) is 19.4 Å². The van der Waals surface area contributed by atoms with Crippen LogP contribution in [-0.2, 0) is 0 Å². The zero-order chi connectivity index (χ0) is 17.4. The van der Waals surface area contributed by atoms with Crippen LogP contribution < -0.4 is 5.56 Å². The molecule has 4 heterocycles. The van der Waals surface area contributed by atoms with Gasteiger partial charge in [-0.2, -0.15) is 21.5 Å². The smallest absolute Gasteiger partial charge is 0.264 e. The largest absolute Gasteiger partial charge is 0.331 e. The highest BCUT2D eigenvalue weighted by Gasteiger charge is 2.32. The molecular formula is C17H17N5O2S. The summed E-state index contributed by atoms with van der Waals surface area (Å²) in [6, 6.07) is 5.18. The monoisotopic (exact) mass is 355 g/mol. The molecule has 3 aromatic rings. The normalized spacial score (nSPS) is 17.2. The molecule has 0 aliphatic carbocycles. The molecule has 128 valence electrons. The lowest BCUT2D eigenvalue weighted by Crippen LogP contribution is -2.30. The minimum atomic E-state index is -0.277. The second kappa shape index (κ2) is 6.29. The lowest BCUT2D eigenvalue weighted by atomic mass is 10.1. The van der Waals surface area contributed by atoms with E-state index in [-0.39, 0.29) is 17.5 Å². The molecule has 4 rings (SSSR count). The van der Waals surface area contributed by atoms with E-state index in [1.165, 1.54) is 11.6 Å². The minimum Gasteiger partial charge on any atom is -0.331 e. The molecule has 1 unspecified atom stereocenters. The van der Waals surface area contributed by atoms with Gasteiger partial charge in [0.25, 0.3) is 11.5 Å². The first-order valence-electron chi connectivity index (χ1n) is 8.09. The van der Waals surface area contributed by atoms with Gasteiger partial charge in [-0.1, -0.05) is 0 Å². The van der Waals surface area contributed by atoms with Crippen LogP contribution in [0.1, 0.15) is 40.5 Å². The van der Waals surface area contributed by atoms with Crippen molar-refractivity contribution in [2.75, 3.05) is 6.54 Å². The number of hydrogen-bond acceptors (Lipinski definition) is 5. The molecule has 1 aliphatic rings. The van der Waals surface area contributed by atoms with Crippen molar-refractivity contribution in [3.63, 3.8) is 0 Å². The van der Waals surface area contributed by atoms with Crippen molar-refractivity contribution >= 4 is 17.2 Å². The van der Waals surface area contributed by atoms with Crippen LogP contribution in [0.25, 0.3) is 5.82 Å². The minimum absolute atomic E-state index is 0.0122. The topological polar surface area (TPSA) is 83.9 Å². The molecule has 3 aromatic heterocycles. The van der Waals surface area contributed by atoms with Gasteiger partial charge in [0.15, 0.2) is 5.82 Å². The van der Waals surface area contributed by atoms with Crippen molar-refractivity contribution in [2.24, 2.45) is 0 Å². The molecule has 0 radical (unpaired) electrons. The molecule has 0 bridgehead atoms. The quantitative estimate of drug-likeness (QED) is 0.781. The molecule has 1 fully saturated rings. The van der Waals surface area contributed by atoms with E-state index >= 15 is 0 Å². The third kappa shape index (κ3) is 2.78. The lowest BCUT2D eigenvalue weighted by molar-refractivity contribution is 0.0735. The number of hydrogen-bond donors (Lipinski definition) is 1. The molecular weight excluding hydrogens is 338 g/mol. The number of H-pyrrole nitrogens is 1. The predicted molar refractivity (Wildman–Crippen MR) is 94.0 cm³/mol. The van der Waals surface area contributed by atoms with E-state index in [2.05, 4.69) is 26.7 Å². The summed E-state index contributed by atoms with van der Waals surface area (Å²) in [7, 11) is 0. The maximum Gasteiger partial charge on any atom is 0.264 e. The summed E-state index contributed by atoms with van der Waals surface area (Å²) < 4.78 is 1.57. The summed E-state index contributed by atoms with van der Waals surface area (Å²) in [5.74, 6) is 0.467. The summed E-state index contributed by atoms with van der Waals surface area (Å²) in [5, 5.41) is 14.8. The van der Waals surface area contributed by atoms with E-state index in [9.17, 15) is 9.59 Å². The average Bonchev–Trinajstić information content (AvgIpc) is 3.35. The fraction of sp³-hybridized carbons (Fsp3) is 0.294. The van der Waals surface area contributed by atoms with Crippen LogP contribution in [0, 0.1) is 6.92 Å². The number of aromatic nitrogens is 4. The standard InChI is InChI=1S/C17H17N5O2S/c1-11-13(9-18-22(11)15-4-5-16(23)20-19-15)17(24)21-7-2-3-14(21)12-6-8-25-10-12/h4-6,8-10,14H,2-3,7H2,1H3,(H,20,23). The molecule has 25 heavy (non-hydrogen) atoms. The Morgan fingerprint density at radius 1 is 1.36 bits per heavy atom. The number of likely N-dealkylation sites (tertiary alicyclic amines) is 1. The molecule has 7 nitrogen and oxygen atoms in total. The number of carbonyl (C=O) groups excluding carboxylic acids is 1. The first kappa shape index (κ1) is 15.8. The summed E-state index contributed by atoms with van der Waals surface area (Å²) >= 11 is 1.65. The SMILES string of the molecule is Cc1c(C(=O)N2CCCC2c2ccsc2)cnn1-c1ccc(=O)[nH]n1. The third-order valence-electron chi connectivity index (χ3n) is 4.56. The molecule has 1 aliphatic heterocycles. The Balaban J connectivity index is 1.65. The second-order valence-corrected chi connectivity index (χ2v) is 6.83. The number of thiophene rings is 1. The van der Waals surface area contributed by atoms with Crippen LogP contribution in [0.3, 0.4) is 0 Å². The van der Waals surface area contributed by atoms with Crippen LogP contribution in [0.15, 0.2) is 40.0 Å². The number of nitrogens with zero attached hydrogens (tertiary/aromatic N) is 4. The van der Waals surface area contributed by atoms with Gasteiger partial charge in [0.1, 0.15) is 0 Å². The molecule has 0 saturated carbocycles. The van der Waals surface area contributed by atoms with Crippen molar-refractivity contribution < 1.29 is 4.79 Å². The highest BCUT2D eigenvalue weighted by atomic mass is 32.1. The predicted octanol–water partition coefficient (Wildman–Crippen LogP) is 2.30. The van der Waals surface area contributed by atoms with E-state index in [1.807, 2.05) is 17.2 Å². The van der Waals surface area contributed by atoms with Crippen molar-refractivity contribution in [3.05, 3.63) is 62.3 Å². The highest BCUT2D eigenvalue weighted by molar-refractivity contribution is 7.08. The van der Waals surface area contributed by atoms with Crippen molar-refractivity contribution in [3.8, 4) is 5.82 Å². The summed E-state index contributed by atoms with van der Waals surface area (Å²) in [5.41, 5.74) is 2.19. The zero-order valence-electron chi connectivity index (χ0n) is 13.7. The summed E-state index contributed by atoms with van der Waals surface area (Å²) in [6.07, 6.45) is 3.56. The van der Waals surface area contributed by atoms with Gasteiger partial charge in [0.2, 0.25) is 0 Å². The third-order valence-corrected chi connectivity index (χ3v) is 5.26. The molecule has 1 amide bonds. The number of carbonyl (C=O) groups is 1. The average molecular weight is 355 g/mol. The van der Waals surface area contributed by atoms with Crippen LogP contribution in [0.5, 0.6) is 0 Å². The van der Waals surface area contributed by atoms with Gasteiger partial charge < -0.3 is 4.90 Å². The van der Waals surface area contributed by atoms with Gasteiger partial charge in [-0.25, -0.2) is 9.78 Å². The Bertz CT molecular complexity index is 939. The van der Waals surface area contributed by atoms with E-state index in [1.54, 1.807) is 28.3 Å². The van der Waals surface area contributed by atoms with Gasteiger partial charge in [-0.05, 0) is 48.2 Å². The van der Waals surface area contributed by atoms with Gasteiger partial charge in [-0.15, -0.1) is 0 Å². The fourth-order valence-electron chi connectivity index (χ4n) is 3.28. The Kier molecular flexibility index (Phi) is 3.96. The maximum atomic E-state index is 13.1. The van der Waals surface area contributed by atoms with E-state index in [0.29, 0.717) is 17.1 Å². The zero-order valence-corrected chi connectivity index (χ0v) is 14.5. The van der Waals surface area contributed by atoms with Crippen molar-refractivity contribution in [1.29, 1.82) is 0 Å². The summed E-state index contributed by atoms with van der Waals surface area (Å²) in [4.78, 5) is 26.2. The first-order valence-corrected chi connectivity index (χ1v) is 9.03. The van der Waals surface area contributed by atoms with Crippen molar-refractivity contribution in [2.45, 2.75) is 25.8 Å². The molecule has 1 N–H and O–H groups in total. The molecule has 1 atom stereocenters. The Morgan fingerprint density at radius 3 is 2.96 bits per heavy atom. The Morgan fingerprint density at radius 2 is 2.24 bits per heavy atom. The Labute approximate surface area is 147 Å². The lowest BCUT2D eigenvalue weighted by Gasteiger charge is -2.24. The van der Waals surface area contributed by atoms with Gasteiger partial charge in [-0.3, -0.25) is 9.59 Å². The summed E-state index contributed by atoms with van der Waals surface area (Å²) in [6.45, 7) is 2.59. The van der Waals surface area contributed by atoms with Crippen LogP contribution >= 0.6 is 11.3 Å². The van der Waals surface area contributed by atoms with Crippen molar-refractivity contribution in [1.82, 2.24) is 24.9 Å². The molecule has 0 spiro atoms. The van der Waals surface area contributed by atoms with Gasteiger partial charge in [0, 0.05) is 12.6 Å². The highest BCUT2D eigenvalue weighted by Crippen LogP contribution is 2.34. The van der Waals surface area contributed by atoms with Crippen LogP contribution in [0.2, 0.25) is 0 Å².